The van der Waals surface area contributed by atoms with Gasteiger partial charge in [0.05, 0.1) is 23.1 Å². The van der Waals surface area contributed by atoms with Gasteiger partial charge in [0.25, 0.3) is 0 Å². The quantitative estimate of drug-likeness (QED) is 0.866. The monoisotopic (exact) mass is 292 g/mol. The predicted molar refractivity (Wildman–Crippen MR) is 82.2 cm³/mol. The molecule has 1 aliphatic rings. The van der Waals surface area contributed by atoms with E-state index in [1.165, 1.54) is 12.3 Å². The van der Waals surface area contributed by atoms with E-state index in [1.54, 1.807) is 6.07 Å². The first-order valence-electron chi connectivity index (χ1n) is 7.07. The van der Waals surface area contributed by atoms with Crippen molar-refractivity contribution in [3.05, 3.63) is 35.3 Å². The molecule has 21 heavy (non-hydrogen) atoms. The van der Waals surface area contributed by atoms with Crippen LogP contribution in [0.1, 0.15) is 33.4 Å². The third kappa shape index (κ3) is 3.51. The second kappa shape index (κ2) is 5.87. The highest BCUT2D eigenvalue weighted by molar-refractivity contribution is 6.55. The van der Waals surface area contributed by atoms with E-state index < -0.39 is 7.12 Å². The fraction of sp³-hybridized carbons (Fsp3) is 0.533. The molecule has 0 saturated carbocycles. The van der Waals surface area contributed by atoms with Gasteiger partial charge in [-0.25, -0.2) is 4.39 Å². The summed E-state index contributed by atoms with van der Waals surface area (Å²) in [6.07, 6.45) is 3.07. The highest BCUT2D eigenvalue weighted by Gasteiger charge is 2.52. The van der Waals surface area contributed by atoms with Gasteiger partial charge in [-0.1, -0.05) is 0 Å². The van der Waals surface area contributed by atoms with E-state index in [1.807, 2.05) is 40.8 Å². The predicted octanol–water partition coefficient (Wildman–Crippen LogP) is 2.45. The van der Waals surface area contributed by atoms with Crippen molar-refractivity contribution in [1.29, 1.82) is 0 Å². The van der Waals surface area contributed by atoms with Gasteiger partial charge in [0.1, 0.15) is 5.82 Å². The average Bonchev–Trinajstić information content (AvgIpc) is 2.60. The zero-order valence-corrected chi connectivity index (χ0v) is 13.2. The van der Waals surface area contributed by atoms with Crippen LogP contribution >= 0.6 is 0 Å². The number of pyridine rings is 1. The molecule has 0 spiro atoms. The van der Waals surface area contributed by atoms with Gasteiger partial charge in [0.2, 0.25) is 0 Å². The van der Waals surface area contributed by atoms with Gasteiger partial charge in [0, 0.05) is 6.54 Å². The van der Waals surface area contributed by atoms with Gasteiger partial charge in [0.15, 0.2) is 0 Å². The summed E-state index contributed by atoms with van der Waals surface area (Å²) in [5.74, 6) is -0.349. The second-order valence-electron chi connectivity index (χ2n) is 6.24. The number of likely N-dealkylation sites (N-methyl/N-ethyl adjacent to an activating group) is 1. The Kier molecular flexibility index (Phi) is 4.51. The Morgan fingerprint density at radius 1 is 1.29 bits per heavy atom. The normalized spacial score (nSPS) is 20.9. The topological polar surface area (TPSA) is 43.4 Å². The first kappa shape index (κ1) is 16.1. The molecule has 1 aliphatic heterocycles. The number of hydrogen-bond donors (Lipinski definition) is 1. The van der Waals surface area contributed by atoms with E-state index in [0.717, 1.165) is 5.47 Å². The van der Waals surface area contributed by atoms with Crippen LogP contribution in [0.2, 0.25) is 0 Å². The van der Waals surface area contributed by atoms with E-state index in [9.17, 15) is 4.39 Å². The maximum atomic E-state index is 12.9. The van der Waals surface area contributed by atoms with Crippen molar-refractivity contribution < 1.29 is 13.7 Å². The summed E-state index contributed by atoms with van der Waals surface area (Å²) in [5.41, 5.74) is 0.827. The largest absolute Gasteiger partial charge is 0.491 e. The molecule has 0 radical (unpaired) electrons. The van der Waals surface area contributed by atoms with Crippen molar-refractivity contribution in [2.24, 2.45) is 0 Å². The molecule has 0 atom stereocenters. The molecule has 2 heterocycles. The molecule has 1 saturated heterocycles. The van der Waals surface area contributed by atoms with Crippen LogP contribution in [0.25, 0.3) is 6.08 Å². The van der Waals surface area contributed by atoms with Gasteiger partial charge >= 0.3 is 7.12 Å². The summed E-state index contributed by atoms with van der Waals surface area (Å²) in [6.45, 7) is 8.66. The van der Waals surface area contributed by atoms with Crippen molar-refractivity contribution in [1.82, 2.24) is 10.3 Å². The SMILES string of the molecule is CNCC(=Cc1ccc(F)cn1)B1OC(C)(C)C(C)(C)O1. The van der Waals surface area contributed by atoms with Gasteiger partial charge in [-0.15, -0.1) is 0 Å². The lowest BCUT2D eigenvalue weighted by Crippen LogP contribution is -2.41. The number of halogens is 1. The average molecular weight is 292 g/mol. The first-order valence-corrected chi connectivity index (χ1v) is 7.07. The Morgan fingerprint density at radius 3 is 2.38 bits per heavy atom. The van der Waals surface area contributed by atoms with Crippen molar-refractivity contribution >= 4 is 13.2 Å². The Morgan fingerprint density at radius 2 is 1.90 bits per heavy atom. The van der Waals surface area contributed by atoms with Crippen LogP contribution in [-0.2, 0) is 9.31 Å². The van der Waals surface area contributed by atoms with Gasteiger partial charge in [-0.3, -0.25) is 4.98 Å². The summed E-state index contributed by atoms with van der Waals surface area (Å²) in [4.78, 5) is 4.05. The number of nitrogens with one attached hydrogen (secondary N) is 1. The molecule has 1 aromatic heterocycles. The smallest absolute Gasteiger partial charge is 0.400 e. The second-order valence-corrected chi connectivity index (χ2v) is 6.24. The summed E-state index contributed by atoms with van der Waals surface area (Å²) < 4.78 is 25.0. The molecule has 0 unspecified atom stereocenters. The minimum Gasteiger partial charge on any atom is -0.400 e. The van der Waals surface area contributed by atoms with Crippen LogP contribution in [-0.4, -0.2) is 36.9 Å². The third-order valence-electron chi connectivity index (χ3n) is 4.02. The van der Waals surface area contributed by atoms with Gasteiger partial charge < -0.3 is 14.6 Å². The van der Waals surface area contributed by atoms with Crippen molar-refractivity contribution in [3.63, 3.8) is 0 Å². The maximum absolute atomic E-state index is 12.9. The van der Waals surface area contributed by atoms with Gasteiger partial charge in [-0.2, -0.15) is 0 Å². The lowest BCUT2D eigenvalue weighted by atomic mass is 9.77. The molecule has 114 valence electrons. The number of rotatable bonds is 4. The molecular formula is C15H22BFN2O2. The van der Waals surface area contributed by atoms with E-state index >= 15 is 0 Å². The Labute approximate surface area is 125 Å². The molecular weight excluding hydrogens is 270 g/mol. The lowest BCUT2D eigenvalue weighted by Gasteiger charge is -2.32. The number of aromatic nitrogens is 1. The molecule has 2 rings (SSSR count). The molecule has 0 amide bonds. The van der Waals surface area contributed by atoms with E-state index in [-0.39, 0.29) is 17.0 Å². The zero-order valence-electron chi connectivity index (χ0n) is 13.2. The number of hydrogen-bond acceptors (Lipinski definition) is 4. The van der Waals surface area contributed by atoms with Crippen molar-refractivity contribution in [3.8, 4) is 0 Å². The first-order chi connectivity index (χ1) is 9.75. The fourth-order valence-electron chi connectivity index (χ4n) is 2.06. The molecule has 1 fully saturated rings. The third-order valence-corrected chi connectivity index (χ3v) is 4.02. The summed E-state index contributed by atoms with van der Waals surface area (Å²) in [6, 6.07) is 3.02. The summed E-state index contributed by atoms with van der Waals surface area (Å²) in [5, 5.41) is 3.10. The van der Waals surface area contributed by atoms with Crippen LogP contribution in [0.5, 0.6) is 0 Å². The summed E-state index contributed by atoms with van der Waals surface area (Å²) >= 11 is 0. The standard InChI is InChI=1S/C15H22BFN2O2/c1-14(2)15(3,4)21-16(20-14)11(9-18-5)8-13-7-6-12(17)10-19-13/h6-8,10,18H,9H2,1-5H3. The molecule has 6 heteroatoms. The minimum absolute atomic E-state index is 0.349. The molecule has 0 aromatic carbocycles. The van der Waals surface area contributed by atoms with Crippen LogP contribution in [0.3, 0.4) is 0 Å². The van der Waals surface area contributed by atoms with E-state index in [2.05, 4.69) is 10.3 Å². The van der Waals surface area contributed by atoms with E-state index in [4.69, 9.17) is 9.31 Å². The van der Waals surface area contributed by atoms with E-state index in [0.29, 0.717) is 12.2 Å². The molecule has 0 bridgehead atoms. The van der Waals surface area contributed by atoms with Crippen molar-refractivity contribution in [2.75, 3.05) is 13.6 Å². The Bertz CT molecular complexity index is 513. The Balaban J connectivity index is 2.26. The van der Waals surface area contributed by atoms with Crippen LogP contribution in [0.15, 0.2) is 23.8 Å². The number of nitrogens with zero attached hydrogens (tertiary/aromatic N) is 1. The maximum Gasteiger partial charge on any atom is 0.491 e. The van der Waals surface area contributed by atoms with Gasteiger partial charge in [-0.05, 0) is 58.4 Å². The summed E-state index contributed by atoms with van der Waals surface area (Å²) in [7, 11) is 1.42. The fourth-order valence-corrected chi connectivity index (χ4v) is 2.06. The molecule has 0 aliphatic carbocycles. The van der Waals surface area contributed by atoms with Crippen molar-refractivity contribution in [2.45, 2.75) is 38.9 Å². The molecule has 1 aromatic rings. The van der Waals surface area contributed by atoms with Crippen LogP contribution < -0.4 is 5.32 Å². The lowest BCUT2D eigenvalue weighted by molar-refractivity contribution is 0.00578. The van der Waals surface area contributed by atoms with Crippen LogP contribution in [0, 0.1) is 5.82 Å². The molecule has 1 N–H and O–H groups in total. The highest BCUT2D eigenvalue weighted by Crippen LogP contribution is 2.38. The minimum atomic E-state index is -0.436. The molecule has 4 nitrogen and oxygen atoms in total. The Hall–Kier alpha value is -1.24. The zero-order chi connectivity index (χ0) is 15.7. The highest BCUT2D eigenvalue weighted by atomic mass is 19.1. The van der Waals surface area contributed by atoms with Crippen LogP contribution in [0.4, 0.5) is 4.39 Å².